The minimum atomic E-state index is -1.04. The lowest BCUT2D eigenvalue weighted by Gasteiger charge is -2.17. The quantitative estimate of drug-likeness (QED) is 0.752. The highest BCUT2D eigenvalue weighted by Gasteiger charge is 2.21. The number of anilines is 1. The molecule has 0 saturated heterocycles. The van der Waals surface area contributed by atoms with Crippen LogP contribution < -0.4 is 15.4 Å². The highest BCUT2D eigenvalue weighted by atomic mass is 16.5. The molecule has 2 amide bonds. The maximum atomic E-state index is 11.9. The van der Waals surface area contributed by atoms with Crippen molar-refractivity contribution in [3.05, 3.63) is 23.8 Å². The van der Waals surface area contributed by atoms with Crippen molar-refractivity contribution >= 4 is 17.7 Å². The van der Waals surface area contributed by atoms with Crippen molar-refractivity contribution in [1.29, 1.82) is 0 Å². The molecule has 0 bridgehead atoms. The van der Waals surface area contributed by atoms with E-state index in [2.05, 4.69) is 10.6 Å². The summed E-state index contributed by atoms with van der Waals surface area (Å²) < 4.78 is 5.14. The van der Waals surface area contributed by atoms with Crippen LogP contribution in [-0.2, 0) is 4.79 Å². The van der Waals surface area contributed by atoms with Gasteiger partial charge in [0.1, 0.15) is 11.8 Å². The summed E-state index contributed by atoms with van der Waals surface area (Å²) in [4.78, 5) is 23.0. The Morgan fingerprint density at radius 3 is 2.48 bits per heavy atom. The van der Waals surface area contributed by atoms with Crippen molar-refractivity contribution in [3.8, 4) is 5.75 Å². The number of amides is 2. The summed E-state index contributed by atoms with van der Waals surface area (Å²) in [5.74, 6) is -0.136. The number of ether oxygens (including phenoxy) is 1. The van der Waals surface area contributed by atoms with Gasteiger partial charge in [-0.1, -0.05) is 13.8 Å². The number of carbonyl (C=O) groups is 2. The molecule has 1 atom stereocenters. The highest BCUT2D eigenvalue weighted by Crippen LogP contribution is 2.21. The minimum Gasteiger partial charge on any atom is -0.496 e. The SMILES string of the molecule is COc1ccc(NC(=O)N[C@H](CC(C)C)C(=O)O)cc1C. The van der Waals surface area contributed by atoms with E-state index in [1.54, 1.807) is 25.3 Å². The second-order valence-electron chi connectivity index (χ2n) is 5.30. The topological polar surface area (TPSA) is 87.7 Å². The maximum Gasteiger partial charge on any atom is 0.326 e. The van der Waals surface area contributed by atoms with Crippen LogP contribution >= 0.6 is 0 Å². The molecule has 0 fully saturated rings. The molecule has 116 valence electrons. The molecule has 0 aliphatic heterocycles. The number of carboxylic acid groups (broad SMARTS) is 1. The maximum absolute atomic E-state index is 11.9. The number of carbonyl (C=O) groups excluding carboxylic acids is 1. The van der Waals surface area contributed by atoms with Gasteiger partial charge in [-0.3, -0.25) is 0 Å². The minimum absolute atomic E-state index is 0.176. The van der Waals surface area contributed by atoms with Crippen LogP contribution in [0.4, 0.5) is 10.5 Å². The molecule has 1 aromatic rings. The zero-order valence-corrected chi connectivity index (χ0v) is 12.8. The molecule has 3 N–H and O–H groups in total. The first-order valence-corrected chi connectivity index (χ1v) is 6.78. The van der Waals surface area contributed by atoms with E-state index in [9.17, 15) is 9.59 Å². The fraction of sp³-hybridized carbons (Fsp3) is 0.467. The molecular weight excluding hydrogens is 272 g/mol. The molecule has 0 unspecified atom stereocenters. The van der Waals surface area contributed by atoms with Crippen LogP contribution in [0.1, 0.15) is 25.8 Å². The van der Waals surface area contributed by atoms with Gasteiger partial charge in [-0.25, -0.2) is 9.59 Å². The molecule has 6 nitrogen and oxygen atoms in total. The van der Waals surface area contributed by atoms with Crippen molar-refractivity contribution in [2.75, 3.05) is 12.4 Å². The van der Waals surface area contributed by atoms with Gasteiger partial charge in [0.25, 0.3) is 0 Å². The number of aryl methyl sites for hydroxylation is 1. The van der Waals surface area contributed by atoms with Gasteiger partial charge in [-0.2, -0.15) is 0 Å². The highest BCUT2D eigenvalue weighted by molar-refractivity contribution is 5.92. The lowest BCUT2D eigenvalue weighted by Crippen LogP contribution is -2.43. The first-order valence-electron chi connectivity index (χ1n) is 6.78. The summed E-state index contributed by atoms with van der Waals surface area (Å²) in [6, 6.07) is 3.77. The van der Waals surface area contributed by atoms with Gasteiger partial charge in [0.05, 0.1) is 7.11 Å². The number of rotatable bonds is 6. The van der Waals surface area contributed by atoms with Gasteiger partial charge in [-0.15, -0.1) is 0 Å². The summed E-state index contributed by atoms with van der Waals surface area (Å²) in [6.45, 7) is 5.67. The molecule has 0 radical (unpaired) electrons. The van der Waals surface area contributed by atoms with Crippen molar-refractivity contribution < 1.29 is 19.4 Å². The second kappa shape index (κ2) is 7.52. The van der Waals surface area contributed by atoms with Crippen LogP contribution in [0.15, 0.2) is 18.2 Å². The number of methoxy groups -OCH3 is 1. The molecule has 21 heavy (non-hydrogen) atoms. The molecule has 0 aliphatic carbocycles. The smallest absolute Gasteiger partial charge is 0.326 e. The molecule has 0 saturated carbocycles. The molecule has 1 aromatic carbocycles. The Labute approximate surface area is 124 Å². The summed E-state index contributed by atoms with van der Waals surface area (Å²) in [5, 5.41) is 14.2. The predicted molar refractivity (Wildman–Crippen MR) is 80.8 cm³/mol. The van der Waals surface area contributed by atoms with Gasteiger partial charge in [0.15, 0.2) is 0 Å². The Hall–Kier alpha value is -2.24. The number of hydrogen-bond acceptors (Lipinski definition) is 3. The number of nitrogens with one attached hydrogen (secondary N) is 2. The van der Waals surface area contributed by atoms with Gasteiger partial charge in [-0.05, 0) is 43.0 Å². The molecule has 6 heteroatoms. The van der Waals surface area contributed by atoms with Crippen LogP contribution in [0.2, 0.25) is 0 Å². The van der Waals surface area contributed by atoms with Gasteiger partial charge in [0, 0.05) is 5.69 Å². The summed E-state index contributed by atoms with van der Waals surface area (Å²) in [6.07, 6.45) is 0.379. The molecular formula is C15H22N2O4. The first-order chi connectivity index (χ1) is 9.83. The van der Waals surface area contributed by atoms with Crippen LogP contribution in [0.3, 0.4) is 0 Å². The Morgan fingerprint density at radius 2 is 2.00 bits per heavy atom. The number of aliphatic carboxylic acids is 1. The van der Waals surface area contributed by atoms with E-state index in [-0.39, 0.29) is 5.92 Å². The van der Waals surface area contributed by atoms with E-state index in [4.69, 9.17) is 9.84 Å². The molecule has 0 heterocycles. The summed E-state index contributed by atoms with van der Waals surface area (Å²) >= 11 is 0. The largest absolute Gasteiger partial charge is 0.496 e. The van der Waals surface area contributed by atoms with E-state index >= 15 is 0 Å². The molecule has 0 spiro atoms. The van der Waals surface area contributed by atoms with Gasteiger partial charge >= 0.3 is 12.0 Å². The second-order valence-corrected chi connectivity index (χ2v) is 5.30. The van der Waals surface area contributed by atoms with E-state index in [1.165, 1.54) is 0 Å². The predicted octanol–water partition coefficient (Wildman–Crippen LogP) is 2.62. The number of carboxylic acids is 1. The monoisotopic (exact) mass is 294 g/mol. The summed E-state index contributed by atoms with van der Waals surface area (Å²) in [5.41, 5.74) is 1.46. The van der Waals surface area contributed by atoms with E-state index in [1.807, 2.05) is 20.8 Å². The molecule has 1 rings (SSSR count). The fourth-order valence-corrected chi connectivity index (χ4v) is 1.97. The Morgan fingerprint density at radius 1 is 1.33 bits per heavy atom. The Balaban J connectivity index is 2.67. The molecule has 0 aliphatic rings. The standard InChI is InChI=1S/C15H22N2O4/c1-9(2)7-12(14(18)19)17-15(20)16-11-5-6-13(21-4)10(3)8-11/h5-6,8-9,12H,7H2,1-4H3,(H,18,19)(H2,16,17,20)/t12-/m1/s1. The average molecular weight is 294 g/mol. The number of hydrogen-bond donors (Lipinski definition) is 3. The molecule has 0 aromatic heterocycles. The average Bonchev–Trinajstić information content (AvgIpc) is 2.37. The van der Waals surface area contributed by atoms with E-state index < -0.39 is 18.0 Å². The zero-order valence-electron chi connectivity index (χ0n) is 12.8. The number of urea groups is 1. The van der Waals surface area contributed by atoms with Crippen LogP contribution in [-0.4, -0.2) is 30.3 Å². The summed E-state index contributed by atoms with van der Waals surface area (Å²) in [7, 11) is 1.57. The first kappa shape index (κ1) is 16.8. The van der Waals surface area contributed by atoms with Crippen LogP contribution in [0.25, 0.3) is 0 Å². The van der Waals surface area contributed by atoms with Gasteiger partial charge in [0.2, 0.25) is 0 Å². The van der Waals surface area contributed by atoms with Crippen LogP contribution in [0.5, 0.6) is 5.75 Å². The Bertz CT molecular complexity index is 514. The lowest BCUT2D eigenvalue weighted by atomic mass is 10.0. The normalized spacial score (nSPS) is 11.9. The van der Waals surface area contributed by atoms with E-state index in [0.29, 0.717) is 12.1 Å². The third-order valence-electron chi connectivity index (χ3n) is 2.96. The van der Waals surface area contributed by atoms with Crippen LogP contribution in [0, 0.1) is 12.8 Å². The third-order valence-corrected chi connectivity index (χ3v) is 2.96. The Kier molecular flexibility index (Phi) is 6.02. The van der Waals surface area contributed by atoms with E-state index in [0.717, 1.165) is 11.3 Å². The number of benzene rings is 1. The van der Waals surface area contributed by atoms with Crippen molar-refractivity contribution in [1.82, 2.24) is 5.32 Å². The van der Waals surface area contributed by atoms with Crippen molar-refractivity contribution in [3.63, 3.8) is 0 Å². The van der Waals surface area contributed by atoms with Crippen molar-refractivity contribution in [2.45, 2.75) is 33.2 Å². The van der Waals surface area contributed by atoms with Gasteiger partial charge < -0.3 is 20.5 Å². The lowest BCUT2D eigenvalue weighted by molar-refractivity contribution is -0.139. The van der Waals surface area contributed by atoms with Crippen molar-refractivity contribution in [2.24, 2.45) is 5.92 Å². The zero-order chi connectivity index (χ0) is 16.0. The fourth-order valence-electron chi connectivity index (χ4n) is 1.97. The third kappa shape index (κ3) is 5.33.